The predicted molar refractivity (Wildman–Crippen MR) is 95.2 cm³/mol. The summed E-state index contributed by atoms with van der Waals surface area (Å²) in [4.78, 5) is 12.5. The molecule has 1 saturated heterocycles. The van der Waals surface area contributed by atoms with Gasteiger partial charge in [0, 0.05) is 12.7 Å². The third-order valence-electron chi connectivity index (χ3n) is 4.58. The molecule has 1 aromatic heterocycles. The lowest BCUT2D eigenvalue weighted by Gasteiger charge is -2.22. The topological polar surface area (TPSA) is 59.0 Å². The number of piperidine rings is 1. The number of amides is 1. The number of aryl methyl sites for hydroxylation is 2. The minimum Gasteiger partial charge on any atom is -0.344 e. The molecular weight excluding hydrogens is 300 g/mol. The first kappa shape index (κ1) is 16.7. The summed E-state index contributed by atoms with van der Waals surface area (Å²) >= 11 is 0. The van der Waals surface area contributed by atoms with Gasteiger partial charge >= 0.3 is 0 Å². The van der Waals surface area contributed by atoms with Crippen LogP contribution in [0.4, 0.5) is 0 Å². The lowest BCUT2D eigenvalue weighted by Crippen LogP contribution is -2.32. The summed E-state index contributed by atoms with van der Waals surface area (Å²) in [7, 11) is 0. The van der Waals surface area contributed by atoms with Crippen LogP contribution < -0.4 is 10.6 Å². The van der Waals surface area contributed by atoms with E-state index in [2.05, 4.69) is 47.8 Å². The zero-order valence-corrected chi connectivity index (χ0v) is 14.7. The zero-order valence-electron chi connectivity index (χ0n) is 14.7. The van der Waals surface area contributed by atoms with Gasteiger partial charge in [-0.2, -0.15) is 5.10 Å². The Labute approximate surface area is 143 Å². The van der Waals surface area contributed by atoms with E-state index < -0.39 is 0 Å². The highest BCUT2D eigenvalue weighted by Gasteiger charge is 2.19. The van der Waals surface area contributed by atoms with Crippen molar-refractivity contribution in [2.45, 2.75) is 45.7 Å². The number of hydrogen-bond acceptors (Lipinski definition) is 3. The number of carbonyl (C=O) groups excluding carboxylic acids is 1. The van der Waals surface area contributed by atoms with Crippen LogP contribution >= 0.6 is 0 Å². The second-order valence-corrected chi connectivity index (χ2v) is 6.80. The van der Waals surface area contributed by atoms with Crippen LogP contribution in [-0.2, 0) is 0 Å². The van der Waals surface area contributed by atoms with Gasteiger partial charge in [-0.1, -0.05) is 29.3 Å². The van der Waals surface area contributed by atoms with Gasteiger partial charge in [0.1, 0.15) is 5.69 Å². The molecule has 1 aliphatic rings. The average molecular weight is 326 g/mol. The van der Waals surface area contributed by atoms with Crippen molar-refractivity contribution in [1.29, 1.82) is 0 Å². The van der Waals surface area contributed by atoms with Gasteiger partial charge in [0.15, 0.2) is 0 Å². The maximum absolute atomic E-state index is 12.5. The van der Waals surface area contributed by atoms with Crippen molar-refractivity contribution in [3.63, 3.8) is 0 Å². The molecule has 1 fully saturated rings. The minimum atomic E-state index is -0.121. The molecule has 2 N–H and O–H groups in total. The minimum absolute atomic E-state index is 0.0439. The van der Waals surface area contributed by atoms with Crippen molar-refractivity contribution >= 4 is 5.91 Å². The second kappa shape index (κ2) is 7.18. The molecule has 2 aromatic rings. The molecule has 0 bridgehead atoms. The summed E-state index contributed by atoms with van der Waals surface area (Å²) in [6, 6.07) is 8.47. The molecule has 5 heteroatoms. The molecule has 1 amide bonds. The number of carbonyl (C=O) groups is 1. The smallest absolute Gasteiger partial charge is 0.272 e. The summed E-state index contributed by atoms with van der Waals surface area (Å²) in [5.74, 6) is -0.121. The van der Waals surface area contributed by atoms with Crippen LogP contribution in [0.5, 0.6) is 0 Å². The Morgan fingerprint density at radius 2 is 2.08 bits per heavy atom. The van der Waals surface area contributed by atoms with E-state index in [1.54, 1.807) is 6.07 Å². The van der Waals surface area contributed by atoms with Gasteiger partial charge in [0.2, 0.25) is 0 Å². The Kier molecular flexibility index (Phi) is 5.00. The molecule has 2 atom stereocenters. The van der Waals surface area contributed by atoms with Crippen LogP contribution in [-0.4, -0.2) is 28.8 Å². The molecule has 24 heavy (non-hydrogen) atoms. The summed E-state index contributed by atoms with van der Waals surface area (Å²) in [5, 5.41) is 10.9. The van der Waals surface area contributed by atoms with Crippen LogP contribution in [0.2, 0.25) is 0 Å². The van der Waals surface area contributed by atoms with Gasteiger partial charge < -0.3 is 10.6 Å². The van der Waals surface area contributed by atoms with E-state index in [4.69, 9.17) is 0 Å². The first-order chi connectivity index (χ1) is 11.5. The van der Waals surface area contributed by atoms with Crippen molar-refractivity contribution in [3.05, 3.63) is 52.8 Å². The lowest BCUT2D eigenvalue weighted by atomic mass is 10.0. The van der Waals surface area contributed by atoms with E-state index in [0.29, 0.717) is 11.7 Å². The molecule has 128 valence electrons. The summed E-state index contributed by atoms with van der Waals surface area (Å²) in [6.07, 6.45) is 4.17. The van der Waals surface area contributed by atoms with E-state index in [-0.39, 0.29) is 11.9 Å². The summed E-state index contributed by atoms with van der Waals surface area (Å²) in [6.45, 7) is 8.14. The monoisotopic (exact) mass is 326 g/mol. The van der Waals surface area contributed by atoms with E-state index in [1.807, 2.05) is 17.8 Å². The highest BCUT2D eigenvalue weighted by Crippen LogP contribution is 2.18. The molecule has 3 rings (SSSR count). The van der Waals surface area contributed by atoms with Gasteiger partial charge in [0.05, 0.1) is 12.1 Å². The summed E-state index contributed by atoms with van der Waals surface area (Å²) < 4.78 is 1.92. The van der Waals surface area contributed by atoms with Crippen molar-refractivity contribution in [2.75, 3.05) is 13.1 Å². The Morgan fingerprint density at radius 3 is 2.75 bits per heavy atom. The van der Waals surface area contributed by atoms with Gasteiger partial charge in [-0.25, -0.2) is 0 Å². The van der Waals surface area contributed by atoms with Crippen LogP contribution in [0.15, 0.2) is 30.5 Å². The SMILES string of the molecule is Cc1cc(C)cc(C(C)NC(=O)c2ccn(C3CCCNC3)n2)c1. The van der Waals surface area contributed by atoms with E-state index in [1.165, 1.54) is 11.1 Å². The predicted octanol–water partition coefficient (Wildman–Crippen LogP) is 2.92. The molecule has 0 aliphatic carbocycles. The highest BCUT2D eigenvalue weighted by atomic mass is 16.2. The molecule has 0 radical (unpaired) electrons. The Hall–Kier alpha value is -2.14. The average Bonchev–Trinajstić information content (AvgIpc) is 3.05. The van der Waals surface area contributed by atoms with Crippen LogP contribution in [0.3, 0.4) is 0 Å². The first-order valence-corrected chi connectivity index (χ1v) is 8.68. The quantitative estimate of drug-likeness (QED) is 0.908. The fraction of sp³-hybridized carbons (Fsp3) is 0.474. The normalized spacial score (nSPS) is 19.0. The number of nitrogens with one attached hydrogen (secondary N) is 2. The van der Waals surface area contributed by atoms with Crippen LogP contribution in [0, 0.1) is 13.8 Å². The van der Waals surface area contributed by atoms with E-state index >= 15 is 0 Å². The number of benzene rings is 1. The Balaban J connectivity index is 1.67. The van der Waals surface area contributed by atoms with Gasteiger partial charge in [0.25, 0.3) is 5.91 Å². The van der Waals surface area contributed by atoms with Gasteiger partial charge in [-0.15, -0.1) is 0 Å². The summed E-state index contributed by atoms with van der Waals surface area (Å²) in [5.41, 5.74) is 4.02. The molecular formula is C19H26N4O. The molecule has 2 unspecified atom stereocenters. The second-order valence-electron chi connectivity index (χ2n) is 6.80. The maximum atomic E-state index is 12.5. The lowest BCUT2D eigenvalue weighted by molar-refractivity contribution is 0.0933. The van der Waals surface area contributed by atoms with Crippen molar-refractivity contribution in [3.8, 4) is 0 Å². The molecule has 1 aromatic carbocycles. The zero-order chi connectivity index (χ0) is 17.1. The molecule has 5 nitrogen and oxygen atoms in total. The van der Waals surface area contributed by atoms with Crippen LogP contribution in [0.25, 0.3) is 0 Å². The Bertz CT molecular complexity index is 696. The van der Waals surface area contributed by atoms with E-state index in [0.717, 1.165) is 31.5 Å². The third-order valence-corrected chi connectivity index (χ3v) is 4.58. The standard InChI is InChI=1S/C19H26N4O/c1-13-9-14(2)11-16(10-13)15(3)21-19(24)18-6-8-23(22-18)17-5-4-7-20-12-17/h6,8-11,15,17,20H,4-5,7,12H2,1-3H3,(H,21,24). The van der Waals surface area contributed by atoms with Crippen molar-refractivity contribution in [2.24, 2.45) is 0 Å². The largest absolute Gasteiger partial charge is 0.344 e. The van der Waals surface area contributed by atoms with Crippen molar-refractivity contribution in [1.82, 2.24) is 20.4 Å². The van der Waals surface area contributed by atoms with Gasteiger partial charge in [-0.05, 0) is 51.8 Å². The first-order valence-electron chi connectivity index (χ1n) is 8.68. The highest BCUT2D eigenvalue weighted by molar-refractivity contribution is 5.92. The van der Waals surface area contributed by atoms with E-state index in [9.17, 15) is 4.79 Å². The fourth-order valence-electron chi connectivity index (χ4n) is 3.34. The molecule has 1 aliphatic heterocycles. The van der Waals surface area contributed by atoms with Crippen LogP contribution in [0.1, 0.15) is 59.0 Å². The fourth-order valence-corrected chi connectivity index (χ4v) is 3.34. The molecule has 0 spiro atoms. The number of hydrogen-bond donors (Lipinski definition) is 2. The van der Waals surface area contributed by atoms with Gasteiger partial charge in [-0.3, -0.25) is 9.48 Å². The maximum Gasteiger partial charge on any atom is 0.272 e. The van der Waals surface area contributed by atoms with Crippen molar-refractivity contribution < 1.29 is 4.79 Å². The number of rotatable bonds is 4. The third kappa shape index (κ3) is 3.85. The molecule has 2 heterocycles. The number of nitrogens with zero attached hydrogens (tertiary/aromatic N) is 2. The number of aromatic nitrogens is 2. The molecule has 0 saturated carbocycles. The Morgan fingerprint density at radius 1 is 1.33 bits per heavy atom.